The van der Waals surface area contributed by atoms with Crippen LogP contribution in [0.25, 0.3) is 0 Å². The first-order chi connectivity index (χ1) is 6.63. The molecule has 0 aliphatic rings. The molecule has 1 aromatic rings. The molecule has 0 bridgehead atoms. The van der Waals surface area contributed by atoms with Crippen molar-refractivity contribution in [1.29, 1.82) is 0 Å². The number of aromatic nitrogens is 2. The summed E-state index contributed by atoms with van der Waals surface area (Å²) in [5.74, 6) is 1.73. The lowest BCUT2D eigenvalue weighted by Gasteiger charge is -2.10. The molecule has 1 atom stereocenters. The van der Waals surface area contributed by atoms with E-state index in [1.807, 2.05) is 12.4 Å². The van der Waals surface area contributed by atoms with E-state index < -0.39 is 0 Å². The first-order valence-corrected chi connectivity index (χ1v) is 5.13. The Labute approximate surface area is 85.2 Å². The minimum atomic E-state index is 0.257. The summed E-state index contributed by atoms with van der Waals surface area (Å²) in [6.07, 6.45) is 5.34. The van der Waals surface area contributed by atoms with Crippen LogP contribution in [-0.2, 0) is 17.8 Å². The maximum Gasteiger partial charge on any atom is 0.130 e. The van der Waals surface area contributed by atoms with Gasteiger partial charge >= 0.3 is 0 Å². The van der Waals surface area contributed by atoms with Crippen molar-refractivity contribution < 1.29 is 4.79 Å². The van der Waals surface area contributed by atoms with Crippen molar-refractivity contribution in [2.75, 3.05) is 0 Å². The molecule has 0 aliphatic heterocycles. The van der Waals surface area contributed by atoms with Gasteiger partial charge in [-0.05, 0) is 19.8 Å². The van der Waals surface area contributed by atoms with E-state index in [1.165, 1.54) is 0 Å². The summed E-state index contributed by atoms with van der Waals surface area (Å²) in [6.45, 7) is 6.78. The molecule has 14 heavy (non-hydrogen) atoms. The molecule has 1 rings (SSSR count). The number of ketones is 1. The second kappa shape index (κ2) is 4.94. The summed E-state index contributed by atoms with van der Waals surface area (Å²) in [5, 5.41) is 0. The van der Waals surface area contributed by atoms with Crippen molar-refractivity contribution in [1.82, 2.24) is 9.55 Å². The molecule has 0 N–H and O–H groups in total. The van der Waals surface area contributed by atoms with E-state index in [-0.39, 0.29) is 5.78 Å². The van der Waals surface area contributed by atoms with Crippen LogP contribution in [0.1, 0.15) is 33.0 Å². The number of Topliss-reactive ketones (excluding diaryl/α,β-unsaturated/α-hetero) is 1. The number of imidazole rings is 1. The van der Waals surface area contributed by atoms with Crippen molar-refractivity contribution in [3.05, 3.63) is 18.2 Å². The normalized spacial score (nSPS) is 12.8. The zero-order valence-electron chi connectivity index (χ0n) is 9.16. The van der Waals surface area contributed by atoms with Crippen LogP contribution in [0.5, 0.6) is 0 Å². The molecular formula is C11H18N2O. The summed E-state index contributed by atoms with van der Waals surface area (Å²) < 4.78 is 2.12. The largest absolute Gasteiger partial charge is 0.335 e. The molecule has 1 heterocycles. The average Bonchev–Trinajstić information content (AvgIpc) is 2.50. The quantitative estimate of drug-likeness (QED) is 0.719. The van der Waals surface area contributed by atoms with Gasteiger partial charge in [0.2, 0.25) is 0 Å². The summed E-state index contributed by atoms with van der Waals surface area (Å²) in [5.41, 5.74) is 0. The standard InChI is InChI=1S/C11H18N2O/c1-4-13-6-5-12-11(13)8-9(2)7-10(3)14/h5-6,9H,4,7-8H2,1-3H3. The Kier molecular flexibility index (Phi) is 3.86. The third-order valence-electron chi connectivity index (χ3n) is 2.31. The highest BCUT2D eigenvalue weighted by Crippen LogP contribution is 2.10. The van der Waals surface area contributed by atoms with Gasteiger partial charge in [-0.1, -0.05) is 6.92 Å². The summed E-state index contributed by atoms with van der Waals surface area (Å²) in [7, 11) is 0. The van der Waals surface area contributed by atoms with Crippen molar-refractivity contribution in [3.63, 3.8) is 0 Å². The molecule has 0 aliphatic carbocycles. The van der Waals surface area contributed by atoms with Gasteiger partial charge in [0.25, 0.3) is 0 Å². The monoisotopic (exact) mass is 194 g/mol. The molecule has 3 heteroatoms. The van der Waals surface area contributed by atoms with Crippen molar-refractivity contribution in [2.24, 2.45) is 5.92 Å². The maximum absolute atomic E-state index is 10.9. The fourth-order valence-electron chi connectivity index (χ4n) is 1.69. The lowest BCUT2D eigenvalue weighted by Crippen LogP contribution is -2.09. The van der Waals surface area contributed by atoms with Crippen LogP contribution in [0.15, 0.2) is 12.4 Å². The Morgan fingerprint density at radius 3 is 2.93 bits per heavy atom. The Bertz CT molecular complexity index is 304. The smallest absolute Gasteiger partial charge is 0.130 e. The second-order valence-electron chi connectivity index (χ2n) is 3.84. The van der Waals surface area contributed by atoms with E-state index >= 15 is 0 Å². The van der Waals surface area contributed by atoms with E-state index in [1.54, 1.807) is 6.92 Å². The van der Waals surface area contributed by atoms with Gasteiger partial charge in [-0.15, -0.1) is 0 Å². The van der Waals surface area contributed by atoms with Gasteiger partial charge in [-0.25, -0.2) is 4.98 Å². The van der Waals surface area contributed by atoms with E-state index in [0.29, 0.717) is 12.3 Å². The molecule has 0 aromatic carbocycles. The Balaban J connectivity index is 2.55. The topological polar surface area (TPSA) is 34.9 Å². The van der Waals surface area contributed by atoms with Gasteiger partial charge in [-0.2, -0.15) is 0 Å². The zero-order chi connectivity index (χ0) is 10.6. The fraction of sp³-hybridized carbons (Fsp3) is 0.636. The summed E-state index contributed by atoms with van der Waals surface area (Å²) in [4.78, 5) is 15.2. The highest BCUT2D eigenvalue weighted by molar-refractivity contribution is 5.75. The van der Waals surface area contributed by atoms with Crippen molar-refractivity contribution in [2.45, 2.75) is 40.2 Å². The number of carbonyl (C=O) groups excluding carboxylic acids is 1. The predicted octanol–water partition coefficient (Wildman–Crippen LogP) is 2.06. The zero-order valence-corrected chi connectivity index (χ0v) is 9.16. The molecule has 0 spiro atoms. The minimum absolute atomic E-state index is 0.257. The number of rotatable bonds is 5. The third-order valence-corrected chi connectivity index (χ3v) is 2.31. The Hall–Kier alpha value is -1.12. The molecule has 0 fully saturated rings. The van der Waals surface area contributed by atoms with Gasteiger partial charge in [-0.3, -0.25) is 0 Å². The van der Waals surface area contributed by atoms with E-state index in [2.05, 4.69) is 23.4 Å². The molecule has 0 saturated carbocycles. The second-order valence-corrected chi connectivity index (χ2v) is 3.84. The van der Waals surface area contributed by atoms with E-state index in [9.17, 15) is 4.79 Å². The third kappa shape index (κ3) is 2.98. The first kappa shape index (κ1) is 11.0. The van der Waals surface area contributed by atoms with Crippen LogP contribution in [-0.4, -0.2) is 15.3 Å². The molecule has 0 radical (unpaired) electrons. The number of aryl methyl sites for hydroxylation is 1. The summed E-state index contributed by atoms with van der Waals surface area (Å²) >= 11 is 0. The van der Waals surface area contributed by atoms with Crippen molar-refractivity contribution >= 4 is 5.78 Å². The van der Waals surface area contributed by atoms with Gasteiger partial charge in [0.05, 0.1) is 0 Å². The molecule has 0 amide bonds. The lowest BCUT2D eigenvalue weighted by molar-refractivity contribution is -0.117. The van der Waals surface area contributed by atoms with Crippen molar-refractivity contribution in [3.8, 4) is 0 Å². The van der Waals surface area contributed by atoms with Crippen LogP contribution in [0, 0.1) is 5.92 Å². The predicted molar refractivity (Wildman–Crippen MR) is 56.1 cm³/mol. The van der Waals surface area contributed by atoms with Crippen LogP contribution < -0.4 is 0 Å². The number of nitrogens with zero attached hydrogens (tertiary/aromatic N) is 2. The van der Waals surface area contributed by atoms with Gasteiger partial charge < -0.3 is 9.36 Å². The minimum Gasteiger partial charge on any atom is -0.335 e. The van der Waals surface area contributed by atoms with Gasteiger partial charge in [0.15, 0.2) is 0 Å². The molecule has 1 aromatic heterocycles. The number of hydrogen-bond acceptors (Lipinski definition) is 2. The van der Waals surface area contributed by atoms with E-state index in [4.69, 9.17) is 0 Å². The van der Waals surface area contributed by atoms with Crippen LogP contribution in [0.2, 0.25) is 0 Å². The van der Waals surface area contributed by atoms with E-state index in [0.717, 1.165) is 18.8 Å². The maximum atomic E-state index is 10.9. The number of hydrogen-bond donors (Lipinski definition) is 0. The first-order valence-electron chi connectivity index (χ1n) is 5.13. The van der Waals surface area contributed by atoms with Gasteiger partial charge in [0.1, 0.15) is 11.6 Å². The fourth-order valence-corrected chi connectivity index (χ4v) is 1.69. The molecule has 3 nitrogen and oxygen atoms in total. The molecule has 0 saturated heterocycles. The van der Waals surface area contributed by atoms with Crippen LogP contribution in [0.4, 0.5) is 0 Å². The highest BCUT2D eigenvalue weighted by atomic mass is 16.1. The lowest BCUT2D eigenvalue weighted by atomic mass is 10.0. The van der Waals surface area contributed by atoms with Crippen LogP contribution >= 0.6 is 0 Å². The summed E-state index contributed by atoms with van der Waals surface area (Å²) in [6, 6.07) is 0. The van der Waals surface area contributed by atoms with Crippen LogP contribution in [0.3, 0.4) is 0 Å². The Morgan fingerprint density at radius 2 is 2.36 bits per heavy atom. The Morgan fingerprint density at radius 1 is 1.64 bits per heavy atom. The van der Waals surface area contributed by atoms with Gasteiger partial charge in [0, 0.05) is 31.8 Å². The number of carbonyl (C=O) groups is 1. The molecule has 1 unspecified atom stereocenters. The SMILES string of the molecule is CCn1ccnc1CC(C)CC(C)=O. The molecule has 78 valence electrons. The average molecular weight is 194 g/mol. The highest BCUT2D eigenvalue weighted by Gasteiger charge is 2.09. The molecular weight excluding hydrogens is 176 g/mol.